The molecule has 0 aliphatic carbocycles. The third-order valence-electron chi connectivity index (χ3n) is 13.4. The largest absolute Gasteiger partial charge is 0.508 e. The van der Waals surface area contributed by atoms with E-state index in [1.165, 1.54) is 103 Å². The Labute approximate surface area is 421 Å². The summed E-state index contributed by atoms with van der Waals surface area (Å²) >= 11 is 0. The standard InChI is InChI=1S/C58H103N3O8/c1-5-9-13-17-19-27-35-50(33-25-15-11-7-3)57(66)68-47-31-23-21-29-45-59-54(63)44-42-53(61-55(64)43-39-49-37-40-52(62)41-38-49)56(65)60-46-30-22-24-32-48-69-58(67)51(34-26-16-12-8-4)36-28-20-18-14-10-6-2/h37-38,40-41,50-51,53,62H,5-36,39,42-48H2,1-4H3,(H,59,63)(H,60,65)(H,61,64). The highest BCUT2D eigenvalue weighted by molar-refractivity contribution is 5.88. The minimum Gasteiger partial charge on any atom is -0.508 e. The molecule has 0 heterocycles. The third kappa shape index (κ3) is 36.9. The van der Waals surface area contributed by atoms with Gasteiger partial charge < -0.3 is 30.5 Å². The van der Waals surface area contributed by atoms with E-state index in [0.29, 0.717) is 32.7 Å². The van der Waals surface area contributed by atoms with Crippen molar-refractivity contribution in [3.05, 3.63) is 29.8 Å². The maximum atomic E-state index is 13.4. The lowest BCUT2D eigenvalue weighted by Gasteiger charge is -2.19. The Bertz CT molecular complexity index is 1420. The van der Waals surface area contributed by atoms with Crippen molar-refractivity contribution in [2.24, 2.45) is 11.8 Å². The van der Waals surface area contributed by atoms with Gasteiger partial charge in [-0.15, -0.1) is 0 Å². The molecule has 0 aliphatic rings. The number of amides is 3. The molecule has 69 heavy (non-hydrogen) atoms. The summed E-state index contributed by atoms with van der Waals surface area (Å²) < 4.78 is 11.5. The van der Waals surface area contributed by atoms with Crippen molar-refractivity contribution in [1.29, 1.82) is 0 Å². The van der Waals surface area contributed by atoms with Crippen LogP contribution in [0.5, 0.6) is 5.75 Å². The molecule has 0 spiro atoms. The molecule has 4 N–H and O–H groups in total. The third-order valence-corrected chi connectivity index (χ3v) is 13.4. The SMILES string of the molecule is CCCCCCCCC(CCCCCC)C(=O)OCCCCCCNC(=O)CCC(NC(=O)CCc1ccc(O)cc1)C(=O)NCCCCCCOC(=O)C(CCCCCC)CCCCCCCC. The summed E-state index contributed by atoms with van der Waals surface area (Å²) in [6, 6.07) is 5.85. The van der Waals surface area contributed by atoms with Crippen LogP contribution in [0.1, 0.15) is 258 Å². The van der Waals surface area contributed by atoms with Crippen LogP contribution in [-0.4, -0.2) is 67.1 Å². The second-order valence-corrected chi connectivity index (χ2v) is 19.8. The predicted molar refractivity (Wildman–Crippen MR) is 283 cm³/mol. The van der Waals surface area contributed by atoms with Crippen LogP contribution in [0.25, 0.3) is 0 Å². The molecular weight excluding hydrogens is 867 g/mol. The van der Waals surface area contributed by atoms with E-state index in [0.717, 1.165) is 108 Å². The summed E-state index contributed by atoms with van der Waals surface area (Å²) in [6.07, 6.45) is 35.2. The zero-order chi connectivity index (χ0) is 50.4. The normalized spacial score (nSPS) is 12.5. The fourth-order valence-corrected chi connectivity index (χ4v) is 8.86. The van der Waals surface area contributed by atoms with E-state index in [9.17, 15) is 29.1 Å². The van der Waals surface area contributed by atoms with Crippen LogP contribution in [0.15, 0.2) is 24.3 Å². The fourth-order valence-electron chi connectivity index (χ4n) is 8.86. The molecule has 3 atom stereocenters. The van der Waals surface area contributed by atoms with Crippen molar-refractivity contribution in [2.75, 3.05) is 26.3 Å². The highest BCUT2D eigenvalue weighted by Crippen LogP contribution is 2.22. The van der Waals surface area contributed by atoms with Gasteiger partial charge in [-0.2, -0.15) is 0 Å². The molecule has 0 fully saturated rings. The van der Waals surface area contributed by atoms with Gasteiger partial charge >= 0.3 is 11.9 Å². The predicted octanol–water partition coefficient (Wildman–Crippen LogP) is 13.7. The minimum absolute atomic E-state index is 0.00134. The number of carbonyl (C=O) groups excluding carboxylic acids is 5. The van der Waals surface area contributed by atoms with Gasteiger partial charge in [-0.3, -0.25) is 24.0 Å². The molecular formula is C58H103N3O8. The van der Waals surface area contributed by atoms with Crippen molar-refractivity contribution in [3.63, 3.8) is 0 Å². The van der Waals surface area contributed by atoms with Crippen molar-refractivity contribution in [1.82, 2.24) is 16.0 Å². The summed E-state index contributed by atoms with van der Waals surface area (Å²) in [6.45, 7) is 10.7. The van der Waals surface area contributed by atoms with E-state index < -0.39 is 6.04 Å². The van der Waals surface area contributed by atoms with Gasteiger partial charge in [0.05, 0.1) is 25.0 Å². The number of phenols is 1. The summed E-state index contributed by atoms with van der Waals surface area (Å²) in [5.41, 5.74) is 0.898. The first-order valence-electron chi connectivity index (χ1n) is 28.6. The number of esters is 2. The second kappa shape index (κ2) is 45.5. The Hall–Kier alpha value is -3.63. The Kier molecular flexibility index (Phi) is 41.8. The Balaban J connectivity index is 2.49. The Morgan fingerprint density at radius 1 is 0.449 bits per heavy atom. The molecule has 0 saturated heterocycles. The summed E-state index contributed by atoms with van der Waals surface area (Å²) in [5, 5.41) is 18.4. The first kappa shape index (κ1) is 63.4. The van der Waals surface area contributed by atoms with E-state index in [-0.39, 0.29) is 66.5 Å². The zero-order valence-electron chi connectivity index (χ0n) is 44.6. The molecule has 11 nitrogen and oxygen atoms in total. The van der Waals surface area contributed by atoms with Crippen LogP contribution in [-0.2, 0) is 39.9 Å². The van der Waals surface area contributed by atoms with Gasteiger partial charge in [0.1, 0.15) is 11.8 Å². The Morgan fingerprint density at radius 3 is 1.30 bits per heavy atom. The van der Waals surface area contributed by atoms with Gasteiger partial charge in [0.25, 0.3) is 0 Å². The van der Waals surface area contributed by atoms with Crippen LogP contribution < -0.4 is 16.0 Å². The highest BCUT2D eigenvalue weighted by Gasteiger charge is 2.23. The topological polar surface area (TPSA) is 160 Å². The molecule has 0 aliphatic heterocycles. The van der Waals surface area contributed by atoms with Gasteiger partial charge in [-0.05, 0) is 94.7 Å². The summed E-state index contributed by atoms with van der Waals surface area (Å²) in [4.78, 5) is 65.3. The smallest absolute Gasteiger partial charge is 0.308 e. The molecule has 0 radical (unpaired) electrons. The molecule has 3 unspecified atom stereocenters. The van der Waals surface area contributed by atoms with E-state index in [4.69, 9.17) is 9.47 Å². The number of benzene rings is 1. The monoisotopic (exact) mass is 970 g/mol. The lowest BCUT2D eigenvalue weighted by molar-refractivity contribution is -0.150. The average molecular weight is 970 g/mol. The summed E-state index contributed by atoms with van der Waals surface area (Å²) in [5.74, 6) is -0.663. The molecule has 1 aromatic rings. The van der Waals surface area contributed by atoms with Crippen LogP contribution in [0.2, 0.25) is 0 Å². The lowest BCUT2D eigenvalue weighted by atomic mass is 9.94. The number of aryl methyl sites for hydroxylation is 1. The number of carbonyl (C=O) groups is 5. The van der Waals surface area contributed by atoms with Gasteiger partial charge in [0, 0.05) is 25.9 Å². The number of nitrogens with one attached hydrogen (secondary N) is 3. The number of hydrogen-bond acceptors (Lipinski definition) is 8. The maximum Gasteiger partial charge on any atom is 0.308 e. The molecule has 0 saturated carbocycles. The zero-order valence-corrected chi connectivity index (χ0v) is 44.6. The van der Waals surface area contributed by atoms with E-state index in [1.54, 1.807) is 24.3 Å². The molecule has 0 aromatic heterocycles. The van der Waals surface area contributed by atoms with Crippen molar-refractivity contribution in [3.8, 4) is 5.75 Å². The molecule has 1 rings (SSSR count). The van der Waals surface area contributed by atoms with Gasteiger partial charge in [-0.1, -0.05) is 181 Å². The van der Waals surface area contributed by atoms with Crippen LogP contribution >= 0.6 is 0 Å². The van der Waals surface area contributed by atoms with Gasteiger partial charge in [0.2, 0.25) is 17.7 Å². The maximum absolute atomic E-state index is 13.4. The molecule has 1 aromatic carbocycles. The number of rotatable bonds is 48. The molecule has 3 amide bonds. The quantitative estimate of drug-likeness (QED) is 0.0371. The van der Waals surface area contributed by atoms with Crippen LogP contribution in [0.3, 0.4) is 0 Å². The fraction of sp³-hybridized carbons (Fsp3) is 0.810. The molecule has 11 heteroatoms. The van der Waals surface area contributed by atoms with Crippen molar-refractivity contribution < 1.29 is 38.6 Å². The molecule has 0 bridgehead atoms. The van der Waals surface area contributed by atoms with Crippen LogP contribution in [0.4, 0.5) is 0 Å². The second-order valence-electron chi connectivity index (χ2n) is 19.8. The number of hydrogen-bond donors (Lipinski definition) is 4. The number of ether oxygens (including phenoxy) is 2. The van der Waals surface area contributed by atoms with Crippen molar-refractivity contribution >= 4 is 29.7 Å². The lowest BCUT2D eigenvalue weighted by Crippen LogP contribution is -2.47. The van der Waals surface area contributed by atoms with E-state index in [2.05, 4.69) is 43.6 Å². The van der Waals surface area contributed by atoms with E-state index in [1.807, 2.05) is 0 Å². The average Bonchev–Trinajstić information content (AvgIpc) is 3.34. The highest BCUT2D eigenvalue weighted by atomic mass is 16.5. The first-order chi connectivity index (χ1) is 33.6. The number of phenolic OH excluding ortho intramolecular Hbond substituents is 1. The minimum atomic E-state index is -0.849. The van der Waals surface area contributed by atoms with Gasteiger partial charge in [0.15, 0.2) is 0 Å². The first-order valence-corrected chi connectivity index (χ1v) is 28.6. The van der Waals surface area contributed by atoms with E-state index >= 15 is 0 Å². The Morgan fingerprint density at radius 2 is 0.841 bits per heavy atom. The van der Waals surface area contributed by atoms with Crippen LogP contribution in [0, 0.1) is 11.8 Å². The molecule has 398 valence electrons. The van der Waals surface area contributed by atoms with Crippen molar-refractivity contribution in [2.45, 2.75) is 265 Å². The number of unbranched alkanes of at least 4 members (excludes halogenated alkanes) is 22. The summed E-state index contributed by atoms with van der Waals surface area (Å²) in [7, 11) is 0. The van der Waals surface area contributed by atoms with Gasteiger partial charge in [-0.25, -0.2) is 0 Å². The number of aromatic hydroxyl groups is 1.